The van der Waals surface area contributed by atoms with Crippen molar-refractivity contribution in [2.45, 2.75) is 25.4 Å². The normalized spacial score (nSPS) is 23.0. The smallest absolute Gasteiger partial charge is 0.0635 e. The van der Waals surface area contributed by atoms with E-state index in [-0.39, 0.29) is 19.3 Å². The van der Waals surface area contributed by atoms with Crippen LogP contribution in [0.3, 0.4) is 0 Å². The van der Waals surface area contributed by atoms with Crippen molar-refractivity contribution in [3.63, 3.8) is 0 Å². The van der Waals surface area contributed by atoms with Gasteiger partial charge in [-0.05, 0) is 37.1 Å². The van der Waals surface area contributed by atoms with Gasteiger partial charge in [0.2, 0.25) is 0 Å². The minimum atomic E-state index is 0.124. The summed E-state index contributed by atoms with van der Waals surface area (Å²) in [6.07, 6.45) is 0.889. The Labute approximate surface area is 114 Å². The van der Waals surface area contributed by atoms with Gasteiger partial charge in [0.15, 0.2) is 0 Å². The van der Waals surface area contributed by atoms with Crippen LogP contribution in [0, 0.1) is 6.92 Å². The summed E-state index contributed by atoms with van der Waals surface area (Å²) in [5, 5.41) is 21.7. The van der Waals surface area contributed by atoms with Gasteiger partial charge in [0.25, 0.3) is 0 Å². The number of rotatable bonds is 5. The molecule has 5 heteroatoms. The Balaban J connectivity index is 2.11. The lowest BCUT2D eigenvalue weighted by Crippen LogP contribution is -2.35. The molecule has 0 aromatic heterocycles. The maximum absolute atomic E-state index is 9.52. The molecule has 1 aliphatic rings. The average Bonchev–Trinajstić information content (AvgIpc) is 2.83. The first kappa shape index (κ1) is 14.1. The molecule has 0 bridgehead atoms. The number of aliphatic hydroxyl groups excluding tert-OH is 2. The molecule has 1 heterocycles. The monoisotopic (exact) mass is 265 g/mol. The van der Waals surface area contributed by atoms with Crippen molar-refractivity contribution >= 4 is 11.4 Å². The minimum Gasteiger partial charge on any atom is -0.399 e. The summed E-state index contributed by atoms with van der Waals surface area (Å²) in [5.74, 6) is 0. The first-order valence-electron chi connectivity index (χ1n) is 6.73. The summed E-state index contributed by atoms with van der Waals surface area (Å²) in [6.45, 7) is 3.71. The quantitative estimate of drug-likeness (QED) is 0.568. The molecule has 1 aromatic carbocycles. The number of aliphatic hydroxyl groups is 2. The molecule has 0 amide bonds. The number of hydrogen-bond acceptors (Lipinski definition) is 5. The van der Waals surface area contributed by atoms with Crippen molar-refractivity contribution in [3.8, 4) is 0 Å². The Hall–Kier alpha value is -1.30. The summed E-state index contributed by atoms with van der Waals surface area (Å²) < 4.78 is 0. The molecule has 1 aliphatic heterocycles. The number of nitrogens with one attached hydrogen (secondary N) is 1. The highest BCUT2D eigenvalue weighted by Gasteiger charge is 2.31. The molecular formula is C14H23N3O2. The van der Waals surface area contributed by atoms with Gasteiger partial charge in [0.1, 0.15) is 0 Å². The van der Waals surface area contributed by atoms with E-state index in [4.69, 9.17) is 10.8 Å². The van der Waals surface area contributed by atoms with E-state index in [1.165, 1.54) is 0 Å². The van der Waals surface area contributed by atoms with Crippen molar-refractivity contribution in [1.29, 1.82) is 0 Å². The van der Waals surface area contributed by atoms with E-state index >= 15 is 0 Å². The fourth-order valence-electron chi connectivity index (χ4n) is 2.66. The van der Waals surface area contributed by atoms with E-state index in [1.807, 2.05) is 19.1 Å². The predicted octanol–water partition coefficient (Wildman–Crippen LogP) is 0.0987. The van der Waals surface area contributed by atoms with E-state index in [1.54, 1.807) is 0 Å². The maximum atomic E-state index is 9.52. The van der Waals surface area contributed by atoms with Gasteiger partial charge >= 0.3 is 0 Å². The first-order valence-corrected chi connectivity index (χ1v) is 6.73. The molecule has 1 fully saturated rings. The second-order valence-corrected chi connectivity index (χ2v) is 5.14. The number of nitrogens with zero attached hydrogens (tertiary/aromatic N) is 1. The number of nitrogens with two attached hydrogens (primary N) is 1. The fourth-order valence-corrected chi connectivity index (χ4v) is 2.66. The second kappa shape index (κ2) is 6.23. The van der Waals surface area contributed by atoms with Gasteiger partial charge in [-0.2, -0.15) is 0 Å². The third kappa shape index (κ3) is 3.18. The molecule has 0 radical (unpaired) electrons. The number of hydrogen-bond donors (Lipinski definition) is 4. The molecule has 19 heavy (non-hydrogen) atoms. The van der Waals surface area contributed by atoms with Gasteiger partial charge in [-0.15, -0.1) is 0 Å². The number of nitrogen functional groups attached to an aromatic ring is 1. The number of aryl methyl sites for hydroxylation is 1. The summed E-state index contributed by atoms with van der Waals surface area (Å²) in [6, 6.07) is 6.40. The zero-order valence-electron chi connectivity index (χ0n) is 11.3. The Morgan fingerprint density at radius 3 is 2.84 bits per heavy atom. The van der Waals surface area contributed by atoms with Crippen LogP contribution >= 0.6 is 0 Å². The predicted molar refractivity (Wildman–Crippen MR) is 77.3 cm³/mol. The second-order valence-electron chi connectivity index (χ2n) is 5.14. The highest BCUT2D eigenvalue weighted by atomic mass is 16.3. The lowest BCUT2D eigenvalue weighted by Gasteiger charge is -2.25. The molecule has 1 saturated heterocycles. The van der Waals surface area contributed by atoms with Crippen LogP contribution in [0.4, 0.5) is 11.4 Å². The molecule has 2 unspecified atom stereocenters. The number of anilines is 2. The molecule has 1 aromatic rings. The summed E-state index contributed by atoms with van der Waals surface area (Å²) >= 11 is 0. The standard InChI is InChI=1S/C14H23N3O2/c1-10-6-12(2-3-14(10)15)17-8-11(16-4-5-18)7-13(17)9-19/h2-3,6,11,13,16,18-19H,4-5,7-9,15H2,1H3. The van der Waals surface area contributed by atoms with Crippen LogP contribution in [0.15, 0.2) is 18.2 Å². The zero-order valence-corrected chi connectivity index (χ0v) is 11.3. The molecule has 2 rings (SSSR count). The van der Waals surface area contributed by atoms with Crippen molar-refractivity contribution < 1.29 is 10.2 Å². The summed E-state index contributed by atoms with van der Waals surface area (Å²) in [4.78, 5) is 2.21. The van der Waals surface area contributed by atoms with E-state index in [2.05, 4.69) is 16.3 Å². The lowest BCUT2D eigenvalue weighted by atomic mass is 10.1. The van der Waals surface area contributed by atoms with Crippen LogP contribution in [-0.4, -0.2) is 48.6 Å². The zero-order chi connectivity index (χ0) is 13.8. The largest absolute Gasteiger partial charge is 0.399 e. The van der Waals surface area contributed by atoms with Gasteiger partial charge < -0.3 is 26.2 Å². The third-order valence-corrected chi connectivity index (χ3v) is 3.76. The highest BCUT2D eigenvalue weighted by Crippen LogP contribution is 2.28. The van der Waals surface area contributed by atoms with Crippen molar-refractivity contribution in [2.24, 2.45) is 0 Å². The van der Waals surface area contributed by atoms with Crippen LogP contribution in [0.2, 0.25) is 0 Å². The Morgan fingerprint density at radius 2 is 2.21 bits per heavy atom. The molecule has 2 atom stereocenters. The van der Waals surface area contributed by atoms with Crippen LogP contribution in [-0.2, 0) is 0 Å². The molecule has 0 aliphatic carbocycles. The third-order valence-electron chi connectivity index (χ3n) is 3.76. The highest BCUT2D eigenvalue weighted by molar-refractivity contribution is 5.59. The van der Waals surface area contributed by atoms with Gasteiger partial charge in [0, 0.05) is 30.5 Å². The Morgan fingerprint density at radius 1 is 1.42 bits per heavy atom. The van der Waals surface area contributed by atoms with Crippen molar-refractivity contribution in [1.82, 2.24) is 5.32 Å². The average molecular weight is 265 g/mol. The lowest BCUT2D eigenvalue weighted by molar-refractivity contribution is 0.261. The Bertz CT molecular complexity index is 425. The van der Waals surface area contributed by atoms with Crippen molar-refractivity contribution in [2.75, 3.05) is 36.9 Å². The van der Waals surface area contributed by atoms with Crippen LogP contribution < -0.4 is 16.0 Å². The summed E-state index contributed by atoms with van der Waals surface area (Å²) in [5.41, 5.74) is 8.78. The van der Waals surface area contributed by atoms with Gasteiger partial charge in [-0.1, -0.05) is 0 Å². The van der Waals surface area contributed by atoms with Crippen LogP contribution in [0.5, 0.6) is 0 Å². The van der Waals surface area contributed by atoms with E-state index in [0.29, 0.717) is 12.6 Å². The van der Waals surface area contributed by atoms with E-state index in [0.717, 1.165) is 29.9 Å². The molecule has 0 spiro atoms. The minimum absolute atomic E-state index is 0.124. The first-order chi connectivity index (χ1) is 9.15. The topological polar surface area (TPSA) is 81.8 Å². The molecule has 5 N–H and O–H groups in total. The Kier molecular flexibility index (Phi) is 4.63. The number of benzene rings is 1. The van der Waals surface area contributed by atoms with E-state index < -0.39 is 0 Å². The van der Waals surface area contributed by atoms with Crippen molar-refractivity contribution in [3.05, 3.63) is 23.8 Å². The molecule has 5 nitrogen and oxygen atoms in total. The fraction of sp³-hybridized carbons (Fsp3) is 0.571. The van der Waals surface area contributed by atoms with Gasteiger partial charge in [-0.3, -0.25) is 0 Å². The van der Waals surface area contributed by atoms with Gasteiger partial charge in [-0.25, -0.2) is 0 Å². The SMILES string of the molecule is Cc1cc(N2CC(NCCO)CC2CO)ccc1N. The van der Waals surface area contributed by atoms with Crippen LogP contribution in [0.1, 0.15) is 12.0 Å². The maximum Gasteiger partial charge on any atom is 0.0635 e. The molecular weight excluding hydrogens is 242 g/mol. The van der Waals surface area contributed by atoms with Crippen LogP contribution in [0.25, 0.3) is 0 Å². The van der Waals surface area contributed by atoms with Gasteiger partial charge in [0.05, 0.1) is 19.3 Å². The molecule has 106 valence electrons. The summed E-state index contributed by atoms with van der Waals surface area (Å²) in [7, 11) is 0. The molecule has 0 saturated carbocycles. The van der Waals surface area contributed by atoms with E-state index in [9.17, 15) is 5.11 Å².